The molecule has 0 aliphatic carbocycles. The van der Waals surface area contributed by atoms with Gasteiger partial charge in [-0.3, -0.25) is 0 Å². The van der Waals surface area contributed by atoms with Crippen LogP contribution in [0.2, 0.25) is 0 Å². The predicted molar refractivity (Wildman–Crippen MR) is 111 cm³/mol. The highest BCUT2D eigenvalue weighted by atomic mass is 16.6. The van der Waals surface area contributed by atoms with Crippen LogP contribution in [-0.2, 0) is 11.3 Å². The van der Waals surface area contributed by atoms with Crippen LogP contribution in [0.15, 0.2) is 53.7 Å². The molecule has 2 aromatic carbocycles. The minimum absolute atomic E-state index is 0.610. The highest BCUT2D eigenvalue weighted by molar-refractivity contribution is 5.79. The van der Waals surface area contributed by atoms with Crippen LogP contribution < -0.4 is 4.74 Å². The first kappa shape index (κ1) is 21.5. The van der Waals surface area contributed by atoms with Gasteiger partial charge in [0.2, 0.25) is 0 Å². The molecule has 0 spiro atoms. The molecular formula is C23H31NO2. The maximum absolute atomic E-state index is 5.75. The van der Waals surface area contributed by atoms with E-state index in [-0.39, 0.29) is 0 Å². The fourth-order valence-electron chi connectivity index (χ4n) is 2.60. The molecule has 0 aromatic heterocycles. The Bertz CT molecular complexity index is 692. The molecular weight excluding hydrogens is 322 g/mol. The Morgan fingerprint density at radius 2 is 1.62 bits per heavy atom. The lowest BCUT2D eigenvalue weighted by Gasteiger charge is -2.13. The van der Waals surface area contributed by atoms with Crippen LogP contribution in [0.3, 0.4) is 0 Å². The molecule has 140 valence electrons. The smallest absolute Gasteiger partial charge is 0.120 e. The molecule has 0 saturated carbocycles. The number of hydrogen-bond donors (Lipinski definition) is 0. The first-order valence-electron chi connectivity index (χ1n) is 9.13. The molecule has 26 heavy (non-hydrogen) atoms. The Kier molecular flexibility index (Phi) is 9.85. The van der Waals surface area contributed by atoms with Gasteiger partial charge >= 0.3 is 0 Å². The van der Waals surface area contributed by atoms with Crippen molar-refractivity contribution < 1.29 is 9.57 Å². The van der Waals surface area contributed by atoms with E-state index in [1.165, 1.54) is 22.3 Å². The third kappa shape index (κ3) is 6.75. The number of aryl methyl sites for hydroxylation is 2. The second-order valence-corrected chi connectivity index (χ2v) is 5.75. The maximum Gasteiger partial charge on any atom is 0.120 e. The van der Waals surface area contributed by atoms with Crippen LogP contribution in [0, 0.1) is 13.8 Å². The van der Waals surface area contributed by atoms with Gasteiger partial charge in [0.1, 0.15) is 19.5 Å². The molecule has 0 amide bonds. The van der Waals surface area contributed by atoms with Crippen molar-refractivity contribution in [3.63, 3.8) is 0 Å². The SMILES string of the molecule is C/C=C/COc1cc(C)c(Cc2ccc(/C=N\OC)cc2)c(C)c1.CC. The van der Waals surface area contributed by atoms with Gasteiger partial charge in [0.25, 0.3) is 0 Å². The normalized spacial score (nSPS) is 10.7. The molecule has 0 bridgehead atoms. The molecule has 2 aromatic rings. The number of benzene rings is 2. The van der Waals surface area contributed by atoms with E-state index in [0.717, 1.165) is 17.7 Å². The van der Waals surface area contributed by atoms with E-state index >= 15 is 0 Å². The van der Waals surface area contributed by atoms with Crippen LogP contribution in [0.4, 0.5) is 0 Å². The van der Waals surface area contributed by atoms with E-state index < -0.39 is 0 Å². The number of ether oxygens (including phenoxy) is 1. The van der Waals surface area contributed by atoms with Crippen molar-refractivity contribution in [3.05, 3.63) is 76.4 Å². The van der Waals surface area contributed by atoms with Gasteiger partial charge in [0, 0.05) is 0 Å². The van der Waals surface area contributed by atoms with E-state index in [2.05, 4.69) is 55.4 Å². The zero-order valence-corrected chi connectivity index (χ0v) is 16.9. The zero-order valence-electron chi connectivity index (χ0n) is 16.9. The fraction of sp³-hybridized carbons (Fsp3) is 0.348. The molecule has 0 radical (unpaired) electrons. The molecule has 3 heteroatoms. The summed E-state index contributed by atoms with van der Waals surface area (Å²) in [6.45, 7) is 10.9. The first-order chi connectivity index (χ1) is 12.6. The van der Waals surface area contributed by atoms with Crippen LogP contribution in [0.1, 0.15) is 48.6 Å². The van der Waals surface area contributed by atoms with Crippen LogP contribution >= 0.6 is 0 Å². The van der Waals surface area contributed by atoms with Crippen molar-refractivity contribution in [2.45, 2.75) is 41.0 Å². The van der Waals surface area contributed by atoms with Gasteiger partial charge in [0.05, 0.1) is 6.21 Å². The third-order valence-electron chi connectivity index (χ3n) is 3.92. The number of nitrogens with zero attached hydrogens (tertiary/aromatic N) is 1. The van der Waals surface area contributed by atoms with Crippen LogP contribution in [-0.4, -0.2) is 19.9 Å². The molecule has 0 N–H and O–H groups in total. The van der Waals surface area contributed by atoms with Crippen molar-refractivity contribution in [2.75, 3.05) is 13.7 Å². The lowest BCUT2D eigenvalue weighted by molar-refractivity contribution is 0.215. The Morgan fingerprint density at radius 1 is 1.00 bits per heavy atom. The Morgan fingerprint density at radius 3 is 2.15 bits per heavy atom. The molecule has 0 unspecified atom stereocenters. The topological polar surface area (TPSA) is 30.8 Å². The summed E-state index contributed by atoms with van der Waals surface area (Å²) in [7, 11) is 1.54. The number of oxime groups is 1. The minimum Gasteiger partial charge on any atom is -0.490 e. The highest BCUT2D eigenvalue weighted by Gasteiger charge is 2.07. The summed E-state index contributed by atoms with van der Waals surface area (Å²) >= 11 is 0. The molecule has 0 saturated heterocycles. The van der Waals surface area contributed by atoms with Crippen molar-refractivity contribution in [1.82, 2.24) is 0 Å². The van der Waals surface area contributed by atoms with E-state index in [4.69, 9.17) is 9.57 Å². The molecule has 0 aliphatic rings. The molecule has 3 nitrogen and oxygen atoms in total. The average molecular weight is 354 g/mol. The van der Waals surface area contributed by atoms with Gasteiger partial charge in [-0.2, -0.15) is 0 Å². The summed E-state index contributed by atoms with van der Waals surface area (Å²) in [5.74, 6) is 0.929. The van der Waals surface area contributed by atoms with E-state index in [9.17, 15) is 0 Å². The Hall–Kier alpha value is -2.55. The van der Waals surface area contributed by atoms with Crippen molar-refractivity contribution >= 4 is 6.21 Å². The summed E-state index contributed by atoms with van der Waals surface area (Å²) < 4.78 is 5.75. The molecule has 0 aliphatic heterocycles. The van der Waals surface area contributed by atoms with E-state index in [0.29, 0.717) is 6.61 Å². The van der Waals surface area contributed by atoms with Gasteiger partial charge in [-0.1, -0.05) is 55.4 Å². The summed E-state index contributed by atoms with van der Waals surface area (Å²) in [6, 6.07) is 12.6. The molecule has 2 rings (SSSR count). The van der Waals surface area contributed by atoms with Crippen molar-refractivity contribution in [1.29, 1.82) is 0 Å². The molecule has 0 atom stereocenters. The number of rotatable bonds is 7. The van der Waals surface area contributed by atoms with Gasteiger partial charge in [-0.15, -0.1) is 0 Å². The van der Waals surface area contributed by atoms with Crippen LogP contribution in [0.25, 0.3) is 0 Å². The second-order valence-electron chi connectivity index (χ2n) is 5.75. The minimum atomic E-state index is 0.610. The van der Waals surface area contributed by atoms with Gasteiger partial charge in [-0.05, 0) is 67.1 Å². The van der Waals surface area contributed by atoms with Gasteiger partial charge < -0.3 is 9.57 Å². The summed E-state index contributed by atoms with van der Waals surface area (Å²) in [5, 5.41) is 3.78. The fourth-order valence-corrected chi connectivity index (χ4v) is 2.60. The standard InChI is InChI=1S/C21H25NO2.C2H6/c1-5-6-11-24-20-12-16(2)21(17(3)13-20)14-18-7-9-19(10-8-18)15-22-23-4;1-2/h5-10,12-13,15H,11,14H2,1-4H3;1-2H3/b6-5+,22-15-;. The quantitative estimate of drug-likeness (QED) is 0.355. The highest BCUT2D eigenvalue weighted by Crippen LogP contribution is 2.24. The monoisotopic (exact) mass is 353 g/mol. The maximum atomic E-state index is 5.75. The predicted octanol–water partition coefficient (Wildman–Crippen LogP) is 5.86. The zero-order chi connectivity index (χ0) is 19.4. The van der Waals surface area contributed by atoms with Gasteiger partial charge in [0.15, 0.2) is 0 Å². The number of hydrogen-bond acceptors (Lipinski definition) is 3. The summed E-state index contributed by atoms with van der Waals surface area (Å²) in [5.41, 5.74) is 6.18. The van der Waals surface area contributed by atoms with Crippen molar-refractivity contribution in [2.24, 2.45) is 5.16 Å². The summed E-state index contributed by atoms with van der Waals surface area (Å²) in [6.07, 6.45) is 6.62. The lowest BCUT2D eigenvalue weighted by atomic mass is 9.95. The summed E-state index contributed by atoms with van der Waals surface area (Å²) in [4.78, 5) is 4.70. The van der Waals surface area contributed by atoms with Crippen LogP contribution in [0.5, 0.6) is 5.75 Å². The number of allylic oxidation sites excluding steroid dienone is 1. The van der Waals surface area contributed by atoms with E-state index in [1.807, 2.05) is 32.9 Å². The van der Waals surface area contributed by atoms with Gasteiger partial charge in [-0.25, -0.2) is 0 Å². The third-order valence-corrected chi connectivity index (χ3v) is 3.92. The largest absolute Gasteiger partial charge is 0.490 e. The first-order valence-corrected chi connectivity index (χ1v) is 9.13. The Labute approximate surface area is 158 Å². The second kappa shape index (κ2) is 11.9. The molecule has 0 heterocycles. The lowest BCUT2D eigenvalue weighted by Crippen LogP contribution is -1.99. The average Bonchev–Trinajstić information content (AvgIpc) is 2.66. The Balaban J connectivity index is 0.00000163. The molecule has 0 fully saturated rings. The van der Waals surface area contributed by atoms with Crippen molar-refractivity contribution in [3.8, 4) is 5.75 Å². The van der Waals surface area contributed by atoms with E-state index in [1.54, 1.807) is 13.3 Å².